The zero-order chi connectivity index (χ0) is 36.6. The van der Waals surface area contributed by atoms with Gasteiger partial charge in [-0.15, -0.1) is 0 Å². The predicted molar refractivity (Wildman–Crippen MR) is 224 cm³/mol. The number of rotatable bonds is 7. The van der Waals surface area contributed by atoms with Gasteiger partial charge in [-0.3, -0.25) is 4.40 Å². The molecule has 5 nitrogen and oxygen atoms in total. The summed E-state index contributed by atoms with van der Waals surface area (Å²) in [6.45, 7) is 0. The van der Waals surface area contributed by atoms with Gasteiger partial charge >= 0.3 is 0 Å². The summed E-state index contributed by atoms with van der Waals surface area (Å²) >= 11 is 0. The van der Waals surface area contributed by atoms with Crippen molar-refractivity contribution in [2.24, 2.45) is 0 Å². The first-order valence-electron chi connectivity index (χ1n) is 18.4. The molecule has 0 radical (unpaired) electrons. The number of hydrogen-bond donors (Lipinski definition) is 0. The van der Waals surface area contributed by atoms with E-state index in [9.17, 15) is 0 Å². The van der Waals surface area contributed by atoms with E-state index in [2.05, 4.69) is 156 Å². The maximum atomic E-state index is 5.22. The van der Waals surface area contributed by atoms with Crippen LogP contribution in [-0.2, 0) is 0 Å². The first kappa shape index (κ1) is 32.2. The zero-order valence-corrected chi connectivity index (χ0v) is 29.8. The molecule has 0 fully saturated rings. The molecule has 7 aromatic carbocycles. The van der Waals surface area contributed by atoms with Gasteiger partial charge < -0.3 is 0 Å². The highest BCUT2D eigenvalue weighted by molar-refractivity contribution is 6.06. The van der Waals surface area contributed by atoms with Crippen LogP contribution in [0.3, 0.4) is 0 Å². The highest BCUT2D eigenvalue weighted by Crippen LogP contribution is 2.38. The van der Waals surface area contributed by atoms with Crippen molar-refractivity contribution in [2.45, 2.75) is 0 Å². The molecule has 3 aromatic heterocycles. The van der Waals surface area contributed by atoms with E-state index >= 15 is 0 Å². The molecule has 0 saturated heterocycles. The first-order chi connectivity index (χ1) is 27.3. The number of fused-ring (bicyclic) bond motifs is 3. The molecule has 0 aliphatic heterocycles. The number of benzene rings is 7. The van der Waals surface area contributed by atoms with Crippen LogP contribution in [-0.4, -0.2) is 24.3 Å². The Morgan fingerprint density at radius 2 is 0.691 bits per heavy atom. The fraction of sp³-hybridized carbons (Fsp3) is 0. The minimum atomic E-state index is 0.687. The molecule has 258 valence electrons. The van der Waals surface area contributed by atoms with E-state index in [-0.39, 0.29) is 0 Å². The maximum Gasteiger partial charge on any atom is 0.163 e. The summed E-state index contributed by atoms with van der Waals surface area (Å²) in [7, 11) is 0. The Hall–Kier alpha value is -7.50. The molecule has 0 saturated carbocycles. The van der Waals surface area contributed by atoms with Gasteiger partial charge in [0.2, 0.25) is 0 Å². The van der Waals surface area contributed by atoms with Crippen LogP contribution in [0.2, 0.25) is 0 Å². The predicted octanol–water partition coefficient (Wildman–Crippen LogP) is 12.3. The monoisotopic (exact) mass is 703 g/mol. The van der Waals surface area contributed by atoms with Gasteiger partial charge in [-0.25, -0.2) is 19.9 Å². The lowest BCUT2D eigenvalue weighted by Crippen LogP contribution is -2.03. The van der Waals surface area contributed by atoms with Crippen LogP contribution in [0.25, 0.3) is 95.5 Å². The lowest BCUT2D eigenvalue weighted by atomic mass is 10.0. The van der Waals surface area contributed by atoms with Crippen molar-refractivity contribution in [3.63, 3.8) is 0 Å². The second-order valence-electron chi connectivity index (χ2n) is 13.5. The summed E-state index contributed by atoms with van der Waals surface area (Å²) < 4.78 is 2.22. The van der Waals surface area contributed by atoms with Gasteiger partial charge in [-0.05, 0) is 22.8 Å². The van der Waals surface area contributed by atoms with Crippen molar-refractivity contribution in [3.05, 3.63) is 200 Å². The molecule has 0 atom stereocenters. The Bertz CT molecular complexity index is 2920. The van der Waals surface area contributed by atoms with E-state index in [0.29, 0.717) is 11.6 Å². The van der Waals surface area contributed by atoms with Crippen LogP contribution < -0.4 is 0 Å². The molecule has 0 spiro atoms. The Morgan fingerprint density at radius 1 is 0.291 bits per heavy atom. The number of hydrogen-bond acceptors (Lipinski definition) is 4. The lowest BCUT2D eigenvalue weighted by Gasteiger charge is -2.13. The molecule has 0 aliphatic carbocycles. The Kier molecular flexibility index (Phi) is 8.08. The zero-order valence-electron chi connectivity index (χ0n) is 29.8. The maximum absolute atomic E-state index is 5.22. The standard InChI is InChI=1S/C50H33N5/c1-5-15-34(16-6-1)35-25-27-36(28-26-35)44-33-45(52-47(51-44)39-17-7-2-8-18-39)37-29-31-38(32-30-37)46-42-23-13-14-24-43(42)50-54-48(40-19-9-3-10-20-40)53-49(55(46)50)41-21-11-4-12-22-41/h1-33H. The van der Waals surface area contributed by atoms with E-state index in [1.54, 1.807) is 0 Å². The second-order valence-corrected chi connectivity index (χ2v) is 13.5. The van der Waals surface area contributed by atoms with E-state index in [1.807, 2.05) is 48.5 Å². The molecular weight excluding hydrogens is 671 g/mol. The van der Waals surface area contributed by atoms with Gasteiger partial charge in [0.1, 0.15) is 11.5 Å². The van der Waals surface area contributed by atoms with Crippen LogP contribution in [0.15, 0.2) is 200 Å². The van der Waals surface area contributed by atoms with Crippen LogP contribution >= 0.6 is 0 Å². The summed E-state index contributed by atoms with van der Waals surface area (Å²) in [4.78, 5) is 20.6. The Labute approximate surface area is 319 Å². The molecule has 10 aromatic rings. The van der Waals surface area contributed by atoms with Crippen molar-refractivity contribution in [1.29, 1.82) is 0 Å². The first-order valence-corrected chi connectivity index (χ1v) is 18.4. The molecular formula is C50H33N5. The summed E-state index contributed by atoms with van der Waals surface area (Å²) in [6.07, 6.45) is 0. The summed E-state index contributed by atoms with van der Waals surface area (Å²) in [5.74, 6) is 2.22. The van der Waals surface area contributed by atoms with Crippen molar-refractivity contribution >= 4 is 16.4 Å². The second kappa shape index (κ2) is 13.8. The minimum absolute atomic E-state index is 0.687. The summed E-state index contributed by atoms with van der Waals surface area (Å²) in [5, 5.41) is 2.19. The largest absolute Gasteiger partial charge is 0.277 e. The molecule has 10 rings (SSSR count). The van der Waals surface area contributed by atoms with Gasteiger partial charge in [0, 0.05) is 38.6 Å². The fourth-order valence-electron chi connectivity index (χ4n) is 7.33. The Balaban J connectivity index is 1.11. The average Bonchev–Trinajstić information content (AvgIpc) is 3.61. The SMILES string of the molecule is c1ccc(-c2ccc(-c3cc(-c4ccc(-c5c6ccccc6c6nc(-c7ccccc7)nc(-c7ccccc7)n56)cc4)nc(-c4ccccc4)n3)cc2)cc1. The number of nitrogens with zero attached hydrogens (tertiary/aromatic N) is 5. The van der Waals surface area contributed by atoms with Crippen LogP contribution in [0, 0.1) is 0 Å². The van der Waals surface area contributed by atoms with E-state index in [4.69, 9.17) is 19.9 Å². The third-order valence-electron chi connectivity index (χ3n) is 10.1. The molecule has 0 unspecified atom stereocenters. The smallest absolute Gasteiger partial charge is 0.163 e. The van der Waals surface area contributed by atoms with Crippen molar-refractivity contribution in [1.82, 2.24) is 24.3 Å². The molecule has 0 bridgehead atoms. The van der Waals surface area contributed by atoms with Gasteiger partial charge in [-0.2, -0.15) is 0 Å². The van der Waals surface area contributed by atoms with Gasteiger partial charge in [0.25, 0.3) is 0 Å². The van der Waals surface area contributed by atoms with E-state index in [0.717, 1.165) is 72.7 Å². The van der Waals surface area contributed by atoms with Crippen LogP contribution in [0.4, 0.5) is 0 Å². The highest BCUT2D eigenvalue weighted by atomic mass is 15.1. The molecule has 3 heterocycles. The molecule has 55 heavy (non-hydrogen) atoms. The average molecular weight is 704 g/mol. The molecule has 5 heteroatoms. The third-order valence-corrected chi connectivity index (χ3v) is 10.1. The normalized spacial score (nSPS) is 11.3. The van der Waals surface area contributed by atoms with Gasteiger partial charge in [0.05, 0.1) is 17.1 Å². The lowest BCUT2D eigenvalue weighted by molar-refractivity contribution is 1.05. The summed E-state index contributed by atoms with van der Waals surface area (Å²) in [5.41, 5.74) is 12.0. The van der Waals surface area contributed by atoms with E-state index < -0.39 is 0 Å². The van der Waals surface area contributed by atoms with Gasteiger partial charge in [0.15, 0.2) is 11.6 Å². The molecule has 0 N–H and O–H groups in total. The number of aromatic nitrogens is 5. The third kappa shape index (κ3) is 6.04. The molecule has 0 amide bonds. The minimum Gasteiger partial charge on any atom is -0.277 e. The van der Waals surface area contributed by atoms with Crippen LogP contribution in [0.1, 0.15) is 0 Å². The van der Waals surface area contributed by atoms with E-state index in [1.165, 1.54) is 11.1 Å². The van der Waals surface area contributed by atoms with Gasteiger partial charge in [-0.1, -0.05) is 194 Å². The van der Waals surface area contributed by atoms with Crippen molar-refractivity contribution in [3.8, 4) is 79.1 Å². The van der Waals surface area contributed by atoms with Crippen molar-refractivity contribution < 1.29 is 0 Å². The Morgan fingerprint density at radius 3 is 1.24 bits per heavy atom. The quantitative estimate of drug-likeness (QED) is 0.166. The fourth-order valence-corrected chi connectivity index (χ4v) is 7.33. The van der Waals surface area contributed by atoms with Crippen LogP contribution in [0.5, 0.6) is 0 Å². The van der Waals surface area contributed by atoms with Crippen molar-refractivity contribution in [2.75, 3.05) is 0 Å². The summed E-state index contributed by atoms with van der Waals surface area (Å²) in [6, 6.07) is 69.1. The topological polar surface area (TPSA) is 56.0 Å². The molecule has 0 aliphatic rings. The highest BCUT2D eigenvalue weighted by Gasteiger charge is 2.21.